The number of thioether (sulfide) groups is 1. The summed E-state index contributed by atoms with van der Waals surface area (Å²) < 4.78 is 2.04. The van der Waals surface area contributed by atoms with Crippen molar-refractivity contribution in [3.05, 3.63) is 5.82 Å². The van der Waals surface area contributed by atoms with Gasteiger partial charge in [0, 0.05) is 12.8 Å². The van der Waals surface area contributed by atoms with Gasteiger partial charge in [-0.1, -0.05) is 11.8 Å². The Hall–Kier alpha value is -0.160. The van der Waals surface area contributed by atoms with Crippen molar-refractivity contribution in [1.82, 2.24) is 14.8 Å². The van der Waals surface area contributed by atoms with Crippen LogP contribution in [0.1, 0.15) is 18.7 Å². The molecule has 0 radical (unpaired) electrons. The van der Waals surface area contributed by atoms with Crippen molar-refractivity contribution in [3.8, 4) is 0 Å². The zero-order valence-corrected chi connectivity index (χ0v) is 10.2. The molecule has 0 unspecified atom stereocenters. The van der Waals surface area contributed by atoms with E-state index in [2.05, 4.69) is 22.8 Å². The van der Waals surface area contributed by atoms with Crippen molar-refractivity contribution < 1.29 is 0 Å². The highest BCUT2D eigenvalue weighted by molar-refractivity contribution is 7.99. The van der Waals surface area contributed by atoms with Crippen LogP contribution in [0.15, 0.2) is 5.16 Å². The molecule has 0 amide bonds. The van der Waals surface area contributed by atoms with Crippen molar-refractivity contribution in [2.45, 2.75) is 24.9 Å². The van der Waals surface area contributed by atoms with Gasteiger partial charge in [0.1, 0.15) is 5.82 Å². The highest BCUT2D eigenvalue weighted by Gasteiger charge is 2.41. The standard InChI is InChI=1S/C9H15N3S2/c1-7-10-11-8(12(7)2)14-6-9(5-13)3-4-9/h13H,3-6H2,1-2H3. The van der Waals surface area contributed by atoms with E-state index in [1.807, 2.05) is 18.5 Å². The van der Waals surface area contributed by atoms with Crippen molar-refractivity contribution in [1.29, 1.82) is 0 Å². The van der Waals surface area contributed by atoms with E-state index in [-0.39, 0.29) is 0 Å². The number of thiol groups is 1. The molecule has 1 aliphatic carbocycles. The summed E-state index contributed by atoms with van der Waals surface area (Å²) in [5.74, 6) is 3.10. The Morgan fingerprint density at radius 3 is 2.64 bits per heavy atom. The first-order valence-electron chi connectivity index (χ1n) is 4.76. The van der Waals surface area contributed by atoms with Crippen LogP contribution in [0.25, 0.3) is 0 Å². The molecule has 1 aromatic rings. The van der Waals surface area contributed by atoms with Gasteiger partial charge in [-0.15, -0.1) is 10.2 Å². The van der Waals surface area contributed by atoms with Gasteiger partial charge in [-0.2, -0.15) is 12.6 Å². The third-order valence-corrected chi connectivity index (χ3v) is 4.89. The second-order valence-electron chi connectivity index (χ2n) is 4.04. The maximum Gasteiger partial charge on any atom is 0.190 e. The average Bonchev–Trinajstić information content (AvgIpc) is 2.91. The van der Waals surface area contributed by atoms with Gasteiger partial charge in [0.2, 0.25) is 0 Å². The quantitative estimate of drug-likeness (QED) is 0.632. The zero-order valence-electron chi connectivity index (χ0n) is 8.53. The van der Waals surface area contributed by atoms with Crippen molar-refractivity contribution in [2.24, 2.45) is 12.5 Å². The van der Waals surface area contributed by atoms with E-state index in [1.165, 1.54) is 12.8 Å². The Labute approximate surface area is 94.1 Å². The largest absolute Gasteiger partial charge is 0.309 e. The lowest BCUT2D eigenvalue weighted by Crippen LogP contribution is -2.06. The summed E-state index contributed by atoms with van der Waals surface area (Å²) in [4.78, 5) is 0. The predicted octanol–water partition coefficient (Wildman–Crippen LogP) is 1.93. The van der Waals surface area contributed by atoms with Gasteiger partial charge in [-0.05, 0) is 30.9 Å². The van der Waals surface area contributed by atoms with Crippen LogP contribution in [0.5, 0.6) is 0 Å². The molecule has 0 aliphatic heterocycles. The number of hydrogen-bond donors (Lipinski definition) is 1. The lowest BCUT2D eigenvalue weighted by molar-refractivity contribution is 0.677. The van der Waals surface area contributed by atoms with E-state index < -0.39 is 0 Å². The van der Waals surface area contributed by atoms with Gasteiger partial charge in [-0.3, -0.25) is 0 Å². The second kappa shape index (κ2) is 3.77. The van der Waals surface area contributed by atoms with Gasteiger partial charge in [0.25, 0.3) is 0 Å². The minimum Gasteiger partial charge on any atom is -0.309 e. The molecule has 0 bridgehead atoms. The molecule has 1 aromatic heterocycles. The van der Waals surface area contributed by atoms with Crippen molar-refractivity contribution in [3.63, 3.8) is 0 Å². The van der Waals surface area contributed by atoms with Crippen LogP contribution in [0.3, 0.4) is 0 Å². The van der Waals surface area contributed by atoms with Crippen molar-refractivity contribution in [2.75, 3.05) is 11.5 Å². The van der Waals surface area contributed by atoms with Crippen LogP contribution in [0, 0.1) is 12.3 Å². The number of aryl methyl sites for hydroxylation is 1. The highest BCUT2D eigenvalue weighted by atomic mass is 32.2. The zero-order chi connectivity index (χ0) is 10.2. The molecule has 5 heteroatoms. The van der Waals surface area contributed by atoms with Gasteiger partial charge in [0.05, 0.1) is 0 Å². The molecule has 3 nitrogen and oxygen atoms in total. The minimum atomic E-state index is 0.494. The summed E-state index contributed by atoms with van der Waals surface area (Å²) in [7, 11) is 2.01. The van der Waals surface area contributed by atoms with Crippen LogP contribution in [-0.2, 0) is 7.05 Å². The smallest absolute Gasteiger partial charge is 0.190 e. The van der Waals surface area contributed by atoms with E-state index in [1.54, 1.807) is 11.8 Å². The van der Waals surface area contributed by atoms with E-state index in [0.29, 0.717) is 5.41 Å². The molecule has 2 rings (SSSR count). The Bertz CT molecular complexity index is 331. The molecular formula is C9H15N3S2. The minimum absolute atomic E-state index is 0.494. The summed E-state index contributed by atoms with van der Waals surface area (Å²) in [6.07, 6.45) is 2.64. The fourth-order valence-corrected chi connectivity index (χ4v) is 3.09. The third-order valence-electron chi connectivity index (χ3n) is 2.85. The first-order valence-corrected chi connectivity index (χ1v) is 6.38. The predicted molar refractivity (Wildman–Crippen MR) is 62.0 cm³/mol. The molecule has 0 aromatic carbocycles. The van der Waals surface area contributed by atoms with E-state index in [0.717, 1.165) is 22.5 Å². The van der Waals surface area contributed by atoms with E-state index in [4.69, 9.17) is 0 Å². The lowest BCUT2D eigenvalue weighted by atomic mass is 10.2. The maximum atomic E-state index is 4.39. The third kappa shape index (κ3) is 1.93. The van der Waals surface area contributed by atoms with E-state index >= 15 is 0 Å². The molecule has 0 spiro atoms. The van der Waals surface area contributed by atoms with Crippen LogP contribution in [0.2, 0.25) is 0 Å². The number of nitrogens with zero attached hydrogens (tertiary/aromatic N) is 3. The van der Waals surface area contributed by atoms with Crippen LogP contribution < -0.4 is 0 Å². The molecule has 1 heterocycles. The van der Waals surface area contributed by atoms with Crippen LogP contribution >= 0.6 is 24.4 Å². The first-order chi connectivity index (χ1) is 6.67. The average molecular weight is 229 g/mol. The van der Waals surface area contributed by atoms with Gasteiger partial charge in [-0.25, -0.2) is 0 Å². The molecule has 1 saturated carbocycles. The summed E-state index contributed by atoms with van der Waals surface area (Å²) in [6, 6.07) is 0. The SMILES string of the molecule is Cc1nnc(SCC2(CS)CC2)n1C. The molecule has 1 fully saturated rings. The fourth-order valence-electron chi connectivity index (χ4n) is 1.26. The van der Waals surface area contributed by atoms with Gasteiger partial charge in [0.15, 0.2) is 5.16 Å². The maximum absolute atomic E-state index is 4.39. The second-order valence-corrected chi connectivity index (χ2v) is 5.29. The number of aromatic nitrogens is 3. The van der Waals surface area contributed by atoms with Crippen LogP contribution in [0.4, 0.5) is 0 Å². The monoisotopic (exact) mass is 229 g/mol. The highest BCUT2D eigenvalue weighted by Crippen LogP contribution is 2.49. The summed E-state index contributed by atoms with van der Waals surface area (Å²) >= 11 is 6.19. The normalized spacial score (nSPS) is 18.5. The molecule has 14 heavy (non-hydrogen) atoms. The summed E-state index contributed by atoms with van der Waals surface area (Å²) in [5.41, 5.74) is 0.494. The fraction of sp³-hybridized carbons (Fsp3) is 0.778. The summed E-state index contributed by atoms with van der Waals surface area (Å²) in [6.45, 7) is 1.97. The number of rotatable bonds is 4. The Morgan fingerprint density at radius 2 is 2.21 bits per heavy atom. The molecule has 1 aliphatic rings. The molecule has 0 N–H and O–H groups in total. The first kappa shape index (κ1) is 10.4. The molecule has 78 valence electrons. The molecule has 0 saturated heterocycles. The van der Waals surface area contributed by atoms with Crippen LogP contribution in [-0.4, -0.2) is 26.3 Å². The molecule has 0 atom stereocenters. The number of hydrogen-bond acceptors (Lipinski definition) is 4. The van der Waals surface area contributed by atoms with Gasteiger partial charge < -0.3 is 4.57 Å². The van der Waals surface area contributed by atoms with E-state index in [9.17, 15) is 0 Å². The Kier molecular flexibility index (Phi) is 2.79. The topological polar surface area (TPSA) is 30.7 Å². The van der Waals surface area contributed by atoms with Crippen molar-refractivity contribution >= 4 is 24.4 Å². The Morgan fingerprint density at radius 1 is 1.50 bits per heavy atom. The van der Waals surface area contributed by atoms with Gasteiger partial charge >= 0.3 is 0 Å². The molecular weight excluding hydrogens is 214 g/mol. The lowest BCUT2D eigenvalue weighted by Gasteiger charge is -2.09. The Balaban J connectivity index is 1.95. The summed E-state index contributed by atoms with van der Waals surface area (Å²) in [5, 5.41) is 9.19.